The number of aliphatic hydroxyl groups is 2. The van der Waals surface area contributed by atoms with Gasteiger partial charge in [0, 0.05) is 12.8 Å². The van der Waals surface area contributed by atoms with Crippen molar-refractivity contribution in [3.05, 3.63) is 24.3 Å². The first-order chi connectivity index (χ1) is 41.0. The first-order valence-corrected chi connectivity index (χ1v) is 38.1. The van der Waals surface area contributed by atoms with Gasteiger partial charge >= 0.3 is 5.97 Å². The molecule has 2 atom stereocenters. The number of aliphatic hydroxyl groups excluding tert-OH is 2. The number of unbranched alkanes of at least 4 members (excludes halogenated alkanes) is 57. The predicted molar refractivity (Wildman–Crippen MR) is 366 cm³/mol. The van der Waals surface area contributed by atoms with Gasteiger partial charge in [-0.3, -0.25) is 9.59 Å². The molecule has 0 saturated carbocycles. The number of rotatable bonds is 72. The molecule has 0 heterocycles. The van der Waals surface area contributed by atoms with Crippen molar-refractivity contribution in [3.8, 4) is 0 Å². The van der Waals surface area contributed by atoms with E-state index in [-0.39, 0.29) is 18.5 Å². The van der Waals surface area contributed by atoms with Gasteiger partial charge in [0.2, 0.25) is 5.91 Å². The number of nitrogens with one attached hydrogen (secondary N) is 1. The lowest BCUT2D eigenvalue weighted by molar-refractivity contribution is -0.143. The maximum Gasteiger partial charge on any atom is 0.305 e. The third kappa shape index (κ3) is 69.3. The van der Waals surface area contributed by atoms with Crippen LogP contribution in [0.15, 0.2) is 24.3 Å². The minimum Gasteiger partial charge on any atom is -0.466 e. The molecule has 0 aliphatic heterocycles. The van der Waals surface area contributed by atoms with Gasteiger partial charge in [0.1, 0.15) is 0 Å². The van der Waals surface area contributed by atoms with Crippen molar-refractivity contribution >= 4 is 11.9 Å². The highest BCUT2D eigenvalue weighted by molar-refractivity contribution is 5.76. The van der Waals surface area contributed by atoms with Crippen molar-refractivity contribution in [2.75, 3.05) is 13.2 Å². The summed E-state index contributed by atoms with van der Waals surface area (Å²) in [6.45, 7) is 4.99. The van der Waals surface area contributed by atoms with E-state index in [1.54, 1.807) is 0 Å². The van der Waals surface area contributed by atoms with E-state index in [1.165, 1.54) is 353 Å². The summed E-state index contributed by atoms with van der Waals surface area (Å²) in [4.78, 5) is 24.6. The molecule has 492 valence electrons. The standard InChI is InChI=1S/C77H149NO5/c1-3-5-7-9-11-13-15-17-19-21-39-43-47-51-55-59-63-67-71-77(82)83-72-68-64-60-56-52-48-44-40-37-35-33-31-29-27-25-23-22-24-26-28-30-32-34-36-38-42-46-50-54-58-62-66-70-76(81)78-74(73-79)75(80)69-65-61-57-53-49-45-41-20-18-16-14-12-10-8-6-4-2/h19,21,25,27,74-75,79-80H,3-18,20,22-24,26,28-73H2,1-2H3,(H,78,81)/b21-19-,27-25-. The van der Waals surface area contributed by atoms with Crippen molar-refractivity contribution in [3.63, 3.8) is 0 Å². The zero-order valence-corrected chi connectivity index (χ0v) is 56.5. The molecule has 0 aliphatic carbocycles. The normalized spacial score (nSPS) is 12.6. The van der Waals surface area contributed by atoms with Crippen LogP contribution in [-0.4, -0.2) is 47.4 Å². The summed E-state index contributed by atoms with van der Waals surface area (Å²) in [5.74, 6) is -0.0125. The Morgan fingerprint density at radius 1 is 0.325 bits per heavy atom. The second kappa shape index (κ2) is 72.8. The number of carbonyl (C=O) groups excluding carboxylic acids is 2. The number of esters is 1. The van der Waals surface area contributed by atoms with E-state index < -0.39 is 12.1 Å². The van der Waals surface area contributed by atoms with Crippen LogP contribution >= 0.6 is 0 Å². The number of ether oxygens (including phenoxy) is 1. The molecular weight excluding hydrogens is 1020 g/mol. The first-order valence-electron chi connectivity index (χ1n) is 38.1. The van der Waals surface area contributed by atoms with Crippen LogP contribution in [0.1, 0.15) is 431 Å². The Bertz CT molecular complexity index is 1300. The average Bonchev–Trinajstić information content (AvgIpc) is 3.49. The van der Waals surface area contributed by atoms with Gasteiger partial charge in [0.25, 0.3) is 0 Å². The molecule has 0 saturated heterocycles. The van der Waals surface area contributed by atoms with E-state index >= 15 is 0 Å². The molecule has 0 aromatic rings. The van der Waals surface area contributed by atoms with E-state index in [2.05, 4.69) is 43.5 Å². The van der Waals surface area contributed by atoms with E-state index in [4.69, 9.17) is 4.74 Å². The van der Waals surface area contributed by atoms with Gasteiger partial charge in [-0.25, -0.2) is 0 Å². The van der Waals surface area contributed by atoms with Crippen molar-refractivity contribution in [1.82, 2.24) is 5.32 Å². The van der Waals surface area contributed by atoms with Crippen LogP contribution in [0.3, 0.4) is 0 Å². The highest BCUT2D eigenvalue weighted by Crippen LogP contribution is 2.19. The third-order valence-corrected chi connectivity index (χ3v) is 18.0. The molecule has 6 nitrogen and oxygen atoms in total. The van der Waals surface area contributed by atoms with Gasteiger partial charge in [-0.1, -0.05) is 366 Å². The summed E-state index contributed by atoms with van der Waals surface area (Å²) in [5.41, 5.74) is 0. The van der Waals surface area contributed by atoms with Crippen LogP contribution in [0.2, 0.25) is 0 Å². The Balaban J connectivity index is 3.34. The third-order valence-electron chi connectivity index (χ3n) is 18.0. The minimum atomic E-state index is -0.662. The quantitative estimate of drug-likeness (QED) is 0.0320. The summed E-state index contributed by atoms with van der Waals surface area (Å²) in [6.07, 6.45) is 92.5. The average molecular weight is 1170 g/mol. The van der Waals surface area contributed by atoms with Crippen LogP contribution in [0.5, 0.6) is 0 Å². The molecule has 0 spiro atoms. The van der Waals surface area contributed by atoms with Gasteiger partial charge in [-0.2, -0.15) is 0 Å². The minimum absolute atomic E-state index is 0.0162. The van der Waals surface area contributed by atoms with Gasteiger partial charge in [-0.15, -0.1) is 0 Å². The fraction of sp³-hybridized carbons (Fsp3) is 0.922. The smallest absolute Gasteiger partial charge is 0.305 e. The zero-order chi connectivity index (χ0) is 59.9. The largest absolute Gasteiger partial charge is 0.466 e. The van der Waals surface area contributed by atoms with Crippen molar-refractivity contribution < 1.29 is 24.5 Å². The second-order valence-electron chi connectivity index (χ2n) is 26.3. The molecule has 6 heteroatoms. The topological polar surface area (TPSA) is 95.9 Å². The van der Waals surface area contributed by atoms with Gasteiger partial charge in [-0.05, 0) is 77.0 Å². The lowest BCUT2D eigenvalue weighted by atomic mass is 10.0. The molecule has 0 aromatic heterocycles. The van der Waals surface area contributed by atoms with Gasteiger partial charge in [0.15, 0.2) is 0 Å². The molecule has 0 fully saturated rings. The zero-order valence-electron chi connectivity index (χ0n) is 56.5. The summed E-state index contributed by atoms with van der Waals surface area (Å²) in [5, 5.41) is 23.4. The lowest BCUT2D eigenvalue weighted by Crippen LogP contribution is -2.45. The Kier molecular flexibility index (Phi) is 71.4. The fourth-order valence-electron chi connectivity index (χ4n) is 12.2. The van der Waals surface area contributed by atoms with E-state index in [0.717, 1.165) is 44.9 Å². The Morgan fingerprint density at radius 2 is 0.566 bits per heavy atom. The monoisotopic (exact) mass is 1170 g/mol. The Morgan fingerprint density at radius 3 is 0.855 bits per heavy atom. The number of allylic oxidation sites excluding steroid dienone is 4. The highest BCUT2D eigenvalue weighted by Gasteiger charge is 2.20. The fourth-order valence-corrected chi connectivity index (χ4v) is 12.2. The van der Waals surface area contributed by atoms with Gasteiger partial charge in [0.05, 0.1) is 25.4 Å². The number of hydrogen-bond acceptors (Lipinski definition) is 5. The maximum absolute atomic E-state index is 12.5. The molecule has 0 bridgehead atoms. The Labute approximate surface area is 520 Å². The summed E-state index contributed by atoms with van der Waals surface area (Å²) in [6, 6.07) is -0.539. The van der Waals surface area contributed by atoms with E-state index in [1.807, 2.05) is 0 Å². The number of carbonyl (C=O) groups is 2. The van der Waals surface area contributed by atoms with E-state index in [0.29, 0.717) is 25.9 Å². The van der Waals surface area contributed by atoms with Crippen molar-refractivity contribution in [1.29, 1.82) is 0 Å². The predicted octanol–water partition coefficient (Wildman–Crippen LogP) is 24.9. The highest BCUT2D eigenvalue weighted by atomic mass is 16.5. The number of amides is 1. The molecule has 0 radical (unpaired) electrons. The van der Waals surface area contributed by atoms with Crippen LogP contribution in [0, 0.1) is 0 Å². The van der Waals surface area contributed by atoms with Crippen LogP contribution in [0.25, 0.3) is 0 Å². The molecule has 83 heavy (non-hydrogen) atoms. The molecule has 2 unspecified atom stereocenters. The van der Waals surface area contributed by atoms with Crippen molar-refractivity contribution in [2.24, 2.45) is 0 Å². The molecule has 1 amide bonds. The van der Waals surface area contributed by atoms with Crippen LogP contribution in [0.4, 0.5) is 0 Å². The Hall–Kier alpha value is -1.66. The molecule has 0 aliphatic rings. The SMILES string of the molecule is CCCCCCCCC/C=C\CCCCCCCCCC(=O)OCCCCCCCCCCCCCC/C=C\CCCCCCCCCCCCCCCCCCC(=O)NC(CO)C(O)CCCCCCCCCCCCCCCCCC. The molecule has 3 N–H and O–H groups in total. The summed E-state index contributed by atoms with van der Waals surface area (Å²) >= 11 is 0. The number of hydrogen-bond donors (Lipinski definition) is 3. The van der Waals surface area contributed by atoms with Crippen molar-refractivity contribution in [2.45, 2.75) is 443 Å². The summed E-state index contributed by atoms with van der Waals surface area (Å²) < 4.78 is 5.51. The van der Waals surface area contributed by atoms with Crippen LogP contribution in [-0.2, 0) is 14.3 Å². The molecular formula is C77H149NO5. The molecule has 0 rings (SSSR count). The maximum atomic E-state index is 12.5. The second-order valence-corrected chi connectivity index (χ2v) is 26.3. The van der Waals surface area contributed by atoms with Gasteiger partial charge < -0.3 is 20.3 Å². The molecule has 0 aromatic carbocycles. The lowest BCUT2D eigenvalue weighted by Gasteiger charge is -2.22. The first kappa shape index (κ1) is 81.3. The van der Waals surface area contributed by atoms with Crippen LogP contribution < -0.4 is 5.32 Å². The van der Waals surface area contributed by atoms with E-state index in [9.17, 15) is 19.8 Å². The summed E-state index contributed by atoms with van der Waals surface area (Å²) in [7, 11) is 0.